The van der Waals surface area contributed by atoms with Crippen molar-refractivity contribution in [2.75, 3.05) is 30.8 Å². The number of amides is 2. The number of sulfonamides is 1. The molecule has 0 saturated heterocycles. The maximum atomic E-state index is 13.9. The Labute approximate surface area is 244 Å². The number of hydrogen-bond acceptors (Lipinski definition) is 5. The van der Waals surface area contributed by atoms with E-state index in [4.69, 9.17) is 4.74 Å². The lowest BCUT2D eigenvalue weighted by molar-refractivity contribution is -0.141. The Hall–Kier alpha value is -3.85. The third-order valence-corrected chi connectivity index (χ3v) is 7.96. The normalized spacial score (nSPS) is 11.9. The highest BCUT2D eigenvalue weighted by atomic mass is 32.2. The molecule has 1 atom stereocenters. The first-order valence-electron chi connectivity index (χ1n) is 13.9. The van der Waals surface area contributed by atoms with Crippen LogP contribution in [0.3, 0.4) is 0 Å². The molecule has 0 aliphatic rings. The third kappa shape index (κ3) is 9.63. The quantitative estimate of drug-likeness (QED) is 0.281. The molecule has 9 heteroatoms. The van der Waals surface area contributed by atoms with E-state index in [1.807, 2.05) is 68.4 Å². The van der Waals surface area contributed by atoms with Gasteiger partial charge in [-0.15, -0.1) is 0 Å². The van der Waals surface area contributed by atoms with Crippen LogP contribution in [0.25, 0.3) is 0 Å². The molecule has 1 unspecified atom stereocenters. The number of carbonyl (C=O) groups is 2. The van der Waals surface area contributed by atoms with Gasteiger partial charge in [0.1, 0.15) is 11.8 Å². The topological polar surface area (TPSA) is 96.0 Å². The first kappa shape index (κ1) is 31.7. The molecule has 0 heterocycles. The molecular formula is C32H41N3O5S. The minimum Gasteiger partial charge on any atom is -0.497 e. The van der Waals surface area contributed by atoms with Crippen molar-refractivity contribution in [2.45, 2.75) is 52.1 Å². The largest absolute Gasteiger partial charge is 0.497 e. The first-order valence-corrected chi connectivity index (χ1v) is 15.8. The maximum Gasteiger partial charge on any atom is 0.243 e. The second-order valence-electron chi connectivity index (χ2n) is 10.1. The van der Waals surface area contributed by atoms with Crippen LogP contribution in [-0.2, 0) is 32.6 Å². The molecule has 220 valence electrons. The molecule has 0 spiro atoms. The van der Waals surface area contributed by atoms with Gasteiger partial charge in [0.05, 0.1) is 19.1 Å². The van der Waals surface area contributed by atoms with Crippen molar-refractivity contribution in [2.24, 2.45) is 0 Å². The van der Waals surface area contributed by atoms with Gasteiger partial charge in [0.2, 0.25) is 21.8 Å². The summed E-state index contributed by atoms with van der Waals surface area (Å²) >= 11 is 0. The van der Waals surface area contributed by atoms with E-state index in [0.29, 0.717) is 24.4 Å². The fourth-order valence-electron chi connectivity index (χ4n) is 4.68. The Kier molecular flexibility index (Phi) is 11.8. The molecule has 8 nitrogen and oxygen atoms in total. The number of rotatable bonds is 15. The van der Waals surface area contributed by atoms with Crippen molar-refractivity contribution in [3.05, 3.63) is 95.6 Å². The summed E-state index contributed by atoms with van der Waals surface area (Å²) in [5, 5.41) is 2.98. The van der Waals surface area contributed by atoms with Crippen LogP contribution in [0.5, 0.6) is 5.75 Å². The van der Waals surface area contributed by atoms with E-state index in [0.717, 1.165) is 29.4 Å². The van der Waals surface area contributed by atoms with Gasteiger partial charge in [0.15, 0.2) is 0 Å². The number of nitrogens with zero attached hydrogens (tertiary/aromatic N) is 2. The molecule has 3 rings (SSSR count). The maximum absolute atomic E-state index is 13.9. The molecule has 0 aliphatic carbocycles. The van der Waals surface area contributed by atoms with Gasteiger partial charge in [-0.1, -0.05) is 67.1 Å². The van der Waals surface area contributed by atoms with Crippen LogP contribution in [0.2, 0.25) is 0 Å². The molecule has 0 fully saturated rings. The van der Waals surface area contributed by atoms with Crippen LogP contribution in [0, 0.1) is 6.92 Å². The third-order valence-electron chi connectivity index (χ3n) is 6.77. The molecule has 3 aromatic carbocycles. The zero-order chi connectivity index (χ0) is 29.8. The Morgan fingerprint density at radius 1 is 0.951 bits per heavy atom. The number of anilines is 1. The summed E-state index contributed by atoms with van der Waals surface area (Å²) in [6.07, 6.45) is 2.67. The Morgan fingerprint density at radius 3 is 2.24 bits per heavy atom. The van der Waals surface area contributed by atoms with E-state index in [1.54, 1.807) is 36.3 Å². The fourth-order valence-corrected chi connectivity index (χ4v) is 5.64. The van der Waals surface area contributed by atoms with Gasteiger partial charge in [0, 0.05) is 32.5 Å². The molecular weight excluding hydrogens is 538 g/mol. The number of hydrogen-bond donors (Lipinski definition) is 1. The minimum absolute atomic E-state index is 0.0837. The van der Waals surface area contributed by atoms with Crippen LogP contribution in [0.1, 0.15) is 42.9 Å². The van der Waals surface area contributed by atoms with Crippen molar-refractivity contribution >= 4 is 27.5 Å². The van der Waals surface area contributed by atoms with Crippen LogP contribution in [0.15, 0.2) is 78.9 Å². The van der Waals surface area contributed by atoms with E-state index in [1.165, 1.54) is 4.31 Å². The number of methoxy groups -OCH3 is 1. The monoisotopic (exact) mass is 579 g/mol. The van der Waals surface area contributed by atoms with Crippen LogP contribution in [0.4, 0.5) is 5.69 Å². The number of aryl methyl sites for hydroxylation is 1. The summed E-state index contributed by atoms with van der Waals surface area (Å²) in [6, 6.07) is 23.6. The van der Waals surface area contributed by atoms with Gasteiger partial charge in [-0.05, 0) is 55.2 Å². The van der Waals surface area contributed by atoms with Crippen molar-refractivity contribution in [3.63, 3.8) is 0 Å². The molecule has 41 heavy (non-hydrogen) atoms. The molecule has 0 bridgehead atoms. The Morgan fingerprint density at radius 2 is 1.63 bits per heavy atom. The summed E-state index contributed by atoms with van der Waals surface area (Å²) in [7, 11) is -2.04. The Bertz CT molecular complexity index is 1380. The van der Waals surface area contributed by atoms with Crippen molar-refractivity contribution in [3.8, 4) is 5.75 Å². The molecule has 0 aliphatic heterocycles. The molecule has 2 amide bonds. The van der Waals surface area contributed by atoms with Crippen LogP contribution in [-0.4, -0.2) is 57.6 Å². The highest BCUT2D eigenvalue weighted by Gasteiger charge is 2.30. The van der Waals surface area contributed by atoms with Crippen molar-refractivity contribution < 1.29 is 22.7 Å². The van der Waals surface area contributed by atoms with Gasteiger partial charge in [0.25, 0.3) is 0 Å². The second-order valence-corrected chi connectivity index (χ2v) is 12.1. The van der Waals surface area contributed by atoms with Crippen molar-refractivity contribution in [1.29, 1.82) is 0 Å². The zero-order valence-corrected chi connectivity index (χ0v) is 25.2. The molecule has 0 aromatic heterocycles. The van der Waals surface area contributed by atoms with Crippen LogP contribution >= 0.6 is 0 Å². The summed E-state index contributed by atoms with van der Waals surface area (Å²) in [4.78, 5) is 29.0. The first-order chi connectivity index (χ1) is 19.6. The second kappa shape index (κ2) is 15.2. The van der Waals surface area contributed by atoms with Gasteiger partial charge in [-0.25, -0.2) is 8.42 Å². The highest BCUT2D eigenvalue weighted by Crippen LogP contribution is 2.23. The number of ether oxygens (including phenoxy) is 1. The number of carbonyl (C=O) groups excluding carboxylic acids is 2. The van der Waals surface area contributed by atoms with E-state index in [2.05, 4.69) is 5.32 Å². The average molecular weight is 580 g/mol. The molecule has 1 N–H and O–H groups in total. The van der Waals surface area contributed by atoms with E-state index < -0.39 is 16.1 Å². The smallest absolute Gasteiger partial charge is 0.243 e. The summed E-state index contributed by atoms with van der Waals surface area (Å²) < 4.78 is 31.7. The van der Waals surface area contributed by atoms with E-state index in [-0.39, 0.29) is 37.7 Å². The van der Waals surface area contributed by atoms with Gasteiger partial charge >= 0.3 is 0 Å². The van der Waals surface area contributed by atoms with Crippen molar-refractivity contribution in [1.82, 2.24) is 10.2 Å². The zero-order valence-electron chi connectivity index (χ0n) is 24.4. The molecule has 0 radical (unpaired) electrons. The van der Waals surface area contributed by atoms with Crippen LogP contribution < -0.4 is 14.4 Å². The van der Waals surface area contributed by atoms with Gasteiger partial charge < -0.3 is 15.0 Å². The average Bonchev–Trinajstić information content (AvgIpc) is 2.95. The Balaban J connectivity index is 1.86. The summed E-state index contributed by atoms with van der Waals surface area (Å²) in [6.45, 7) is 4.89. The minimum atomic E-state index is -3.59. The van der Waals surface area contributed by atoms with Gasteiger partial charge in [-0.3, -0.25) is 13.9 Å². The number of nitrogens with one attached hydrogen (secondary N) is 1. The molecule has 0 saturated carbocycles. The fraction of sp³-hybridized carbons (Fsp3) is 0.375. The lowest BCUT2D eigenvalue weighted by Crippen LogP contribution is -2.50. The lowest BCUT2D eigenvalue weighted by Gasteiger charge is -2.32. The lowest BCUT2D eigenvalue weighted by atomic mass is 10.0. The standard InChI is InChI=1S/C32H41N3O5S/c1-5-20-33-32(37)30(23-26-12-7-6-8-13-26)34(24-27-14-9-11-25(2)22-27)31(36)15-10-21-35(41(4,38)39)28-16-18-29(40-3)19-17-28/h6-9,11-14,16-19,22,30H,5,10,15,20-21,23-24H2,1-4H3,(H,33,37). The summed E-state index contributed by atoms with van der Waals surface area (Å²) in [5.74, 6) is 0.213. The van der Waals surface area contributed by atoms with Gasteiger partial charge in [-0.2, -0.15) is 0 Å². The molecule has 3 aromatic rings. The summed E-state index contributed by atoms with van der Waals surface area (Å²) in [5.41, 5.74) is 3.44. The predicted octanol–water partition coefficient (Wildman–Crippen LogP) is 4.72. The van der Waals surface area contributed by atoms with E-state index >= 15 is 0 Å². The predicted molar refractivity (Wildman–Crippen MR) is 163 cm³/mol. The SMILES string of the molecule is CCCNC(=O)C(Cc1ccccc1)N(Cc1cccc(C)c1)C(=O)CCCN(c1ccc(OC)cc1)S(C)(=O)=O. The van der Waals surface area contributed by atoms with E-state index in [9.17, 15) is 18.0 Å². The highest BCUT2D eigenvalue weighted by molar-refractivity contribution is 7.92. The number of benzene rings is 3.